The topological polar surface area (TPSA) is 64.8 Å². The van der Waals surface area contributed by atoms with E-state index in [0.717, 1.165) is 31.8 Å². The van der Waals surface area contributed by atoms with E-state index in [-0.39, 0.29) is 5.91 Å². The Bertz CT molecular complexity index is 495. The molecule has 0 radical (unpaired) electrons. The first kappa shape index (κ1) is 11.1. The van der Waals surface area contributed by atoms with Gasteiger partial charge in [-0.05, 0) is 25.0 Å². The zero-order valence-electron chi connectivity index (χ0n) is 10.1. The van der Waals surface area contributed by atoms with Gasteiger partial charge < -0.3 is 14.9 Å². The van der Waals surface area contributed by atoms with Gasteiger partial charge in [0.05, 0.1) is 0 Å². The Hall–Kier alpha value is -2.04. The highest BCUT2D eigenvalue weighted by molar-refractivity contribution is 5.92. The molecule has 0 aromatic carbocycles. The summed E-state index contributed by atoms with van der Waals surface area (Å²) in [6, 6.07) is 3.67. The average Bonchev–Trinajstić information content (AvgIpc) is 3.11. The van der Waals surface area contributed by atoms with Gasteiger partial charge >= 0.3 is 0 Å². The molecule has 0 unspecified atom stereocenters. The summed E-state index contributed by atoms with van der Waals surface area (Å²) in [4.78, 5) is 24.4. The Labute approximate surface area is 105 Å². The Morgan fingerprint density at radius 2 is 2.11 bits per heavy atom. The van der Waals surface area contributed by atoms with E-state index in [1.165, 1.54) is 0 Å². The van der Waals surface area contributed by atoms with Crippen LogP contribution in [0, 0.1) is 0 Å². The van der Waals surface area contributed by atoms with Gasteiger partial charge in [-0.15, -0.1) is 0 Å². The molecular formula is C13H16N4O. The van der Waals surface area contributed by atoms with E-state index in [2.05, 4.69) is 15.0 Å². The number of nitrogens with one attached hydrogen (secondary N) is 2. The van der Waals surface area contributed by atoms with Gasteiger partial charge in [-0.3, -0.25) is 4.79 Å². The molecule has 0 atom stereocenters. The van der Waals surface area contributed by atoms with Gasteiger partial charge in [-0.1, -0.05) is 0 Å². The van der Waals surface area contributed by atoms with Crippen molar-refractivity contribution in [3.05, 3.63) is 42.2 Å². The third-order valence-corrected chi connectivity index (χ3v) is 3.52. The Morgan fingerprint density at radius 3 is 2.72 bits per heavy atom. The van der Waals surface area contributed by atoms with Crippen molar-refractivity contribution in [1.82, 2.24) is 19.9 Å². The molecule has 1 aliphatic rings. The molecule has 2 N–H and O–H groups in total. The van der Waals surface area contributed by atoms with Crippen LogP contribution in [0.15, 0.2) is 30.7 Å². The number of nitrogens with zero attached hydrogens (tertiary/aromatic N) is 2. The van der Waals surface area contributed by atoms with Crippen molar-refractivity contribution in [2.45, 2.75) is 18.8 Å². The van der Waals surface area contributed by atoms with Crippen LogP contribution in [0.1, 0.15) is 35.1 Å². The number of H-pyrrole nitrogens is 2. The van der Waals surface area contributed by atoms with Crippen LogP contribution in [0.3, 0.4) is 0 Å². The Morgan fingerprint density at radius 1 is 1.28 bits per heavy atom. The Balaban J connectivity index is 1.62. The van der Waals surface area contributed by atoms with Gasteiger partial charge in [0.25, 0.3) is 5.91 Å². The summed E-state index contributed by atoms with van der Waals surface area (Å²) in [7, 11) is 0. The second-order valence-corrected chi connectivity index (χ2v) is 4.62. The minimum absolute atomic E-state index is 0.0953. The lowest BCUT2D eigenvalue weighted by Gasteiger charge is -2.30. The summed E-state index contributed by atoms with van der Waals surface area (Å²) in [6.45, 7) is 1.59. The van der Waals surface area contributed by atoms with Crippen LogP contribution in [0.2, 0.25) is 0 Å². The van der Waals surface area contributed by atoms with Gasteiger partial charge in [-0.25, -0.2) is 4.98 Å². The fraction of sp³-hybridized carbons (Fsp3) is 0.385. The van der Waals surface area contributed by atoms with Crippen molar-refractivity contribution in [3.8, 4) is 0 Å². The second kappa shape index (κ2) is 4.68. The van der Waals surface area contributed by atoms with Crippen LogP contribution in [0.5, 0.6) is 0 Å². The molecular weight excluding hydrogens is 228 g/mol. The van der Waals surface area contributed by atoms with E-state index in [1.807, 2.05) is 23.2 Å². The first-order valence-electron chi connectivity index (χ1n) is 6.26. The highest BCUT2D eigenvalue weighted by atomic mass is 16.2. The molecule has 0 saturated carbocycles. The predicted molar refractivity (Wildman–Crippen MR) is 67.3 cm³/mol. The van der Waals surface area contributed by atoms with E-state index in [9.17, 15) is 4.79 Å². The fourth-order valence-electron chi connectivity index (χ4n) is 2.49. The van der Waals surface area contributed by atoms with E-state index in [1.54, 1.807) is 12.4 Å². The molecule has 18 heavy (non-hydrogen) atoms. The number of carbonyl (C=O) groups excluding carboxylic acids is 1. The first-order valence-corrected chi connectivity index (χ1v) is 6.26. The molecule has 5 nitrogen and oxygen atoms in total. The number of aromatic amines is 2. The first-order chi connectivity index (χ1) is 8.84. The predicted octanol–water partition coefficient (Wildman–Crippen LogP) is 1.76. The van der Waals surface area contributed by atoms with Gasteiger partial charge in [-0.2, -0.15) is 0 Å². The minimum atomic E-state index is 0.0953. The SMILES string of the molecule is O=C(c1ccc[nH]1)N1CCC(c2ncc[nH]2)CC1. The summed E-state index contributed by atoms with van der Waals surface area (Å²) >= 11 is 0. The molecule has 5 heteroatoms. The number of carbonyl (C=O) groups is 1. The third-order valence-electron chi connectivity index (χ3n) is 3.52. The monoisotopic (exact) mass is 244 g/mol. The van der Waals surface area contributed by atoms with Crippen LogP contribution in [-0.4, -0.2) is 38.8 Å². The van der Waals surface area contributed by atoms with E-state index in [0.29, 0.717) is 11.6 Å². The van der Waals surface area contributed by atoms with Crippen LogP contribution >= 0.6 is 0 Å². The van der Waals surface area contributed by atoms with Crippen molar-refractivity contribution >= 4 is 5.91 Å². The lowest BCUT2D eigenvalue weighted by atomic mass is 9.96. The molecule has 0 aliphatic carbocycles. The Kier molecular flexibility index (Phi) is 2.88. The van der Waals surface area contributed by atoms with E-state index >= 15 is 0 Å². The summed E-state index contributed by atoms with van der Waals surface area (Å²) in [6.07, 6.45) is 7.36. The van der Waals surface area contributed by atoms with Crippen molar-refractivity contribution < 1.29 is 4.79 Å². The molecule has 1 amide bonds. The molecule has 0 spiro atoms. The molecule has 3 rings (SSSR count). The molecule has 2 aromatic heterocycles. The minimum Gasteiger partial charge on any atom is -0.357 e. The number of likely N-dealkylation sites (tertiary alicyclic amines) is 1. The van der Waals surface area contributed by atoms with Gasteiger partial charge in [0.2, 0.25) is 0 Å². The highest BCUT2D eigenvalue weighted by Gasteiger charge is 2.25. The number of imidazole rings is 1. The highest BCUT2D eigenvalue weighted by Crippen LogP contribution is 2.25. The van der Waals surface area contributed by atoms with Crippen molar-refractivity contribution in [3.63, 3.8) is 0 Å². The number of piperidine rings is 1. The van der Waals surface area contributed by atoms with Crippen molar-refractivity contribution in [1.29, 1.82) is 0 Å². The summed E-state index contributed by atoms with van der Waals surface area (Å²) in [5.74, 6) is 1.59. The normalized spacial score (nSPS) is 17.0. The molecule has 2 aromatic rings. The third kappa shape index (κ3) is 2.03. The lowest BCUT2D eigenvalue weighted by Crippen LogP contribution is -2.38. The summed E-state index contributed by atoms with van der Waals surface area (Å²) in [5, 5.41) is 0. The summed E-state index contributed by atoms with van der Waals surface area (Å²) in [5.41, 5.74) is 0.673. The maximum absolute atomic E-state index is 12.1. The van der Waals surface area contributed by atoms with Gasteiger partial charge in [0, 0.05) is 37.6 Å². The molecule has 0 bridgehead atoms. The molecule has 94 valence electrons. The average molecular weight is 244 g/mol. The van der Waals surface area contributed by atoms with Crippen molar-refractivity contribution in [2.75, 3.05) is 13.1 Å². The quantitative estimate of drug-likeness (QED) is 0.845. The van der Waals surface area contributed by atoms with Crippen molar-refractivity contribution in [2.24, 2.45) is 0 Å². The number of amides is 1. The molecule has 1 aliphatic heterocycles. The fourth-order valence-corrected chi connectivity index (χ4v) is 2.49. The molecule has 3 heterocycles. The standard InChI is InChI=1S/C13H16N4O/c18-13(11-2-1-5-14-11)17-8-3-10(4-9-17)12-15-6-7-16-12/h1-2,5-7,10,14H,3-4,8-9H2,(H,15,16). The van der Waals surface area contributed by atoms with Gasteiger partial charge in [0.15, 0.2) is 0 Å². The molecule has 1 saturated heterocycles. The number of aromatic nitrogens is 3. The number of rotatable bonds is 2. The maximum atomic E-state index is 12.1. The van der Waals surface area contributed by atoms with Gasteiger partial charge in [0.1, 0.15) is 11.5 Å². The maximum Gasteiger partial charge on any atom is 0.270 e. The lowest BCUT2D eigenvalue weighted by molar-refractivity contribution is 0.0706. The smallest absolute Gasteiger partial charge is 0.270 e. The van der Waals surface area contributed by atoms with Crippen LogP contribution < -0.4 is 0 Å². The largest absolute Gasteiger partial charge is 0.357 e. The van der Waals surface area contributed by atoms with E-state index in [4.69, 9.17) is 0 Å². The zero-order valence-corrected chi connectivity index (χ0v) is 10.1. The van der Waals surface area contributed by atoms with Crippen LogP contribution in [-0.2, 0) is 0 Å². The second-order valence-electron chi connectivity index (χ2n) is 4.62. The number of hydrogen-bond donors (Lipinski definition) is 2. The number of hydrogen-bond acceptors (Lipinski definition) is 2. The van der Waals surface area contributed by atoms with E-state index < -0.39 is 0 Å². The summed E-state index contributed by atoms with van der Waals surface area (Å²) < 4.78 is 0. The zero-order chi connectivity index (χ0) is 12.4. The van der Waals surface area contributed by atoms with Crippen LogP contribution in [0.25, 0.3) is 0 Å². The molecule has 1 fully saturated rings. The van der Waals surface area contributed by atoms with Crippen LogP contribution in [0.4, 0.5) is 0 Å².